The van der Waals surface area contributed by atoms with Crippen LogP contribution < -0.4 is 5.32 Å². The Hall–Kier alpha value is -2.48. The largest absolute Gasteiger partial charge is 0.381 e. The number of Topliss-reactive ketones (excluding diaryl/α,β-unsaturated/α-hetero) is 1. The third-order valence-electron chi connectivity index (χ3n) is 8.59. The average molecular weight is 516 g/mol. The Morgan fingerprint density at radius 3 is 2.73 bits per heavy atom. The Morgan fingerprint density at radius 2 is 1.92 bits per heavy atom. The van der Waals surface area contributed by atoms with Gasteiger partial charge in [0, 0.05) is 42.4 Å². The standard InChI is InChI=1S/C29H36F3N3O2/c1-16(22-7-4-8-23(27(22)30)28(31)32)33-29-24-11-18(12-25(24)34-17(2)35-29)9-10-26(36)19-5-3-6-20-14-37-15-21(20)13-19/h4,7-8,16,18-21,28H,3,5-6,9-15H2,1-2H3,(H,33,34,35)/t16-,18?,19?,20?,21?/m1/s1. The summed E-state index contributed by atoms with van der Waals surface area (Å²) in [5, 5.41) is 3.26. The van der Waals surface area contributed by atoms with Crippen molar-refractivity contribution in [2.45, 2.75) is 77.7 Å². The van der Waals surface area contributed by atoms with E-state index in [1.807, 2.05) is 6.92 Å². The predicted octanol–water partition coefficient (Wildman–Crippen LogP) is 6.55. The quantitative estimate of drug-likeness (QED) is 0.432. The van der Waals surface area contributed by atoms with Crippen LogP contribution in [0.4, 0.5) is 19.0 Å². The molecule has 4 unspecified atom stereocenters. The molecule has 5 rings (SSSR count). The van der Waals surface area contributed by atoms with Crippen LogP contribution in [0.2, 0.25) is 0 Å². The summed E-state index contributed by atoms with van der Waals surface area (Å²) in [5.41, 5.74) is 1.54. The van der Waals surface area contributed by atoms with Gasteiger partial charge in [-0.1, -0.05) is 24.6 Å². The fourth-order valence-electron chi connectivity index (χ4n) is 6.52. The third kappa shape index (κ3) is 5.69. The summed E-state index contributed by atoms with van der Waals surface area (Å²) in [7, 11) is 0. The predicted molar refractivity (Wildman–Crippen MR) is 135 cm³/mol. The monoisotopic (exact) mass is 515 g/mol. The number of halogens is 3. The first-order valence-corrected chi connectivity index (χ1v) is 13.6. The summed E-state index contributed by atoms with van der Waals surface area (Å²) >= 11 is 0. The van der Waals surface area contributed by atoms with Crippen LogP contribution in [-0.4, -0.2) is 29.0 Å². The second-order valence-corrected chi connectivity index (χ2v) is 11.2. The number of benzene rings is 1. The van der Waals surface area contributed by atoms with Gasteiger partial charge in [0.2, 0.25) is 0 Å². The van der Waals surface area contributed by atoms with Crippen molar-refractivity contribution in [2.75, 3.05) is 18.5 Å². The third-order valence-corrected chi connectivity index (χ3v) is 8.59. The van der Waals surface area contributed by atoms with Gasteiger partial charge in [0.1, 0.15) is 23.2 Å². The molecule has 5 atom stereocenters. The highest BCUT2D eigenvalue weighted by Crippen LogP contribution is 2.39. The number of anilines is 1. The minimum absolute atomic E-state index is 0.152. The smallest absolute Gasteiger partial charge is 0.266 e. The molecule has 0 amide bonds. The van der Waals surface area contributed by atoms with Crippen LogP contribution in [0.25, 0.3) is 0 Å². The fraction of sp³-hybridized carbons (Fsp3) is 0.621. The molecule has 0 spiro atoms. The first kappa shape index (κ1) is 26.1. The van der Waals surface area contributed by atoms with Gasteiger partial charge in [-0.05, 0) is 70.1 Å². The molecular weight excluding hydrogens is 479 g/mol. The molecule has 5 nitrogen and oxygen atoms in total. The van der Waals surface area contributed by atoms with Gasteiger partial charge in [-0.3, -0.25) is 4.79 Å². The number of hydrogen-bond acceptors (Lipinski definition) is 5. The number of ketones is 1. The Bertz CT molecular complexity index is 1140. The van der Waals surface area contributed by atoms with E-state index in [0.717, 1.165) is 69.1 Å². The molecule has 1 aliphatic heterocycles. The maximum atomic E-state index is 14.7. The maximum absolute atomic E-state index is 14.7. The number of aromatic nitrogens is 2. The lowest BCUT2D eigenvalue weighted by molar-refractivity contribution is -0.123. The zero-order chi connectivity index (χ0) is 26.1. The number of nitrogens with zero attached hydrogens (tertiary/aromatic N) is 2. The molecule has 1 aromatic carbocycles. The molecule has 2 aliphatic carbocycles. The van der Waals surface area contributed by atoms with Crippen LogP contribution in [0.1, 0.15) is 86.1 Å². The Kier molecular flexibility index (Phi) is 7.84. The Morgan fingerprint density at radius 1 is 1.14 bits per heavy atom. The first-order chi connectivity index (χ1) is 17.8. The first-order valence-electron chi connectivity index (χ1n) is 13.6. The van der Waals surface area contributed by atoms with Crippen LogP contribution in [-0.2, 0) is 22.4 Å². The van der Waals surface area contributed by atoms with Crippen molar-refractivity contribution < 1.29 is 22.7 Å². The van der Waals surface area contributed by atoms with E-state index in [1.165, 1.54) is 18.6 Å². The van der Waals surface area contributed by atoms with Crippen molar-refractivity contribution in [3.63, 3.8) is 0 Å². The lowest BCUT2D eigenvalue weighted by Gasteiger charge is -2.19. The summed E-state index contributed by atoms with van der Waals surface area (Å²) in [4.78, 5) is 22.3. The molecule has 1 saturated heterocycles. The number of alkyl halides is 2. The summed E-state index contributed by atoms with van der Waals surface area (Å²) in [5.74, 6) is 2.35. The molecule has 2 fully saturated rings. The van der Waals surface area contributed by atoms with Gasteiger partial charge in [-0.2, -0.15) is 0 Å². The molecule has 2 heterocycles. The van der Waals surface area contributed by atoms with Gasteiger partial charge in [0.15, 0.2) is 0 Å². The van der Waals surface area contributed by atoms with Crippen LogP contribution in [0, 0.1) is 36.4 Å². The number of fused-ring (bicyclic) bond motifs is 2. The van der Waals surface area contributed by atoms with Crippen molar-refractivity contribution in [3.8, 4) is 0 Å². The summed E-state index contributed by atoms with van der Waals surface area (Å²) < 4.78 is 46.8. The van der Waals surface area contributed by atoms with Crippen molar-refractivity contribution in [1.82, 2.24) is 9.97 Å². The molecule has 1 N–H and O–H groups in total. The Labute approximate surface area is 216 Å². The number of nitrogens with one attached hydrogen (secondary N) is 1. The van der Waals surface area contributed by atoms with Crippen LogP contribution >= 0.6 is 0 Å². The van der Waals surface area contributed by atoms with Gasteiger partial charge in [0.25, 0.3) is 6.43 Å². The summed E-state index contributed by atoms with van der Waals surface area (Å²) in [6.45, 7) is 5.22. The minimum Gasteiger partial charge on any atom is -0.381 e. The van der Waals surface area contributed by atoms with Crippen molar-refractivity contribution in [2.24, 2.45) is 23.7 Å². The number of ether oxygens (including phenoxy) is 1. The van der Waals surface area contributed by atoms with Crippen LogP contribution in [0.15, 0.2) is 18.2 Å². The molecule has 0 bridgehead atoms. The highest BCUT2D eigenvalue weighted by molar-refractivity contribution is 5.81. The van der Waals surface area contributed by atoms with E-state index in [9.17, 15) is 18.0 Å². The molecular formula is C29H36F3N3O2. The van der Waals surface area contributed by atoms with E-state index in [2.05, 4.69) is 15.3 Å². The highest BCUT2D eigenvalue weighted by Gasteiger charge is 2.35. The van der Waals surface area contributed by atoms with E-state index < -0.39 is 23.8 Å². The van der Waals surface area contributed by atoms with Crippen LogP contribution in [0.3, 0.4) is 0 Å². The van der Waals surface area contributed by atoms with E-state index in [4.69, 9.17) is 4.74 Å². The number of rotatable bonds is 8. The fourth-order valence-corrected chi connectivity index (χ4v) is 6.52. The van der Waals surface area contributed by atoms with E-state index in [0.29, 0.717) is 41.6 Å². The molecule has 1 aromatic heterocycles. The van der Waals surface area contributed by atoms with E-state index >= 15 is 0 Å². The summed E-state index contributed by atoms with van der Waals surface area (Å²) in [6.07, 6.45) is 4.31. The second-order valence-electron chi connectivity index (χ2n) is 11.2. The number of carbonyl (C=O) groups is 1. The SMILES string of the molecule is Cc1nc2c(c(N[C@H](C)c3cccc(C(F)F)c3F)n1)CC(CCC(=O)C1CCCC3COCC3C1)C2. The van der Waals surface area contributed by atoms with Gasteiger partial charge < -0.3 is 10.1 Å². The maximum Gasteiger partial charge on any atom is 0.266 e. The molecule has 1 saturated carbocycles. The van der Waals surface area contributed by atoms with Gasteiger partial charge in [0.05, 0.1) is 11.6 Å². The molecule has 2 aromatic rings. The van der Waals surface area contributed by atoms with Crippen molar-refractivity contribution in [3.05, 3.63) is 52.2 Å². The molecule has 37 heavy (non-hydrogen) atoms. The topological polar surface area (TPSA) is 64.1 Å². The van der Waals surface area contributed by atoms with Crippen molar-refractivity contribution in [1.29, 1.82) is 0 Å². The molecule has 8 heteroatoms. The van der Waals surface area contributed by atoms with Crippen molar-refractivity contribution >= 4 is 11.6 Å². The number of aryl methyl sites for hydroxylation is 1. The average Bonchev–Trinajstić information content (AvgIpc) is 3.43. The number of carbonyl (C=O) groups excluding carboxylic acids is 1. The highest BCUT2D eigenvalue weighted by atomic mass is 19.3. The van der Waals surface area contributed by atoms with Crippen LogP contribution in [0.5, 0.6) is 0 Å². The lowest BCUT2D eigenvalue weighted by Crippen LogP contribution is -2.20. The minimum atomic E-state index is -2.87. The zero-order valence-corrected chi connectivity index (χ0v) is 21.6. The van der Waals surface area contributed by atoms with Gasteiger partial charge in [-0.25, -0.2) is 23.1 Å². The molecule has 0 radical (unpaired) electrons. The van der Waals surface area contributed by atoms with E-state index in [-0.39, 0.29) is 11.5 Å². The number of hydrogen-bond donors (Lipinski definition) is 1. The zero-order valence-electron chi connectivity index (χ0n) is 21.6. The van der Waals surface area contributed by atoms with E-state index in [1.54, 1.807) is 6.92 Å². The second kappa shape index (κ2) is 11.1. The lowest BCUT2D eigenvalue weighted by atomic mass is 9.85. The van der Waals surface area contributed by atoms with Gasteiger partial charge in [-0.15, -0.1) is 0 Å². The summed E-state index contributed by atoms with van der Waals surface area (Å²) in [6, 6.07) is 3.55. The van der Waals surface area contributed by atoms with Gasteiger partial charge >= 0.3 is 0 Å². The Balaban J connectivity index is 1.23. The molecule has 3 aliphatic rings. The molecule has 200 valence electrons. The normalized spacial score (nSPS) is 26.0.